The molecule has 0 aromatic heterocycles. The number of hydrogen-bond donors (Lipinski definition) is 0. The van der Waals surface area contributed by atoms with E-state index in [-0.39, 0.29) is 14.9 Å². The fourth-order valence-corrected chi connectivity index (χ4v) is 17.1. The van der Waals surface area contributed by atoms with Crippen molar-refractivity contribution in [3.05, 3.63) is 0 Å². The Balaban J connectivity index is 0.000000214. The number of fused-ring (bicyclic) bond motifs is 4. The van der Waals surface area contributed by atoms with E-state index in [1.807, 2.05) is 0 Å². The van der Waals surface area contributed by atoms with Crippen LogP contribution in [-0.2, 0) is 0 Å². The maximum atomic E-state index is 2.67. The summed E-state index contributed by atoms with van der Waals surface area (Å²) in [4.78, 5) is 60.2. The highest BCUT2D eigenvalue weighted by Crippen LogP contribution is 2.28. The van der Waals surface area contributed by atoms with Gasteiger partial charge in [0.1, 0.15) is 12.6 Å². The zero-order valence-electron chi connectivity index (χ0n) is 69.7. The molecule has 24 nitrogen and oxygen atoms in total. The van der Waals surface area contributed by atoms with Gasteiger partial charge in [0.15, 0.2) is 0 Å². The summed E-state index contributed by atoms with van der Waals surface area (Å²) in [7, 11) is 31.1. The molecule has 0 amide bonds. The lowest BCUT2D eigenvalue weighted by Gasteiger charge is -2.54. The Kier molecular flexibility index (Phi) is 48.5. The maximum absolute atomic E-state index is 2.67. The first-order chi connectivity index (χ1) is 49.3. The third-order valence-electron chi connectivity index (χ3n) is 24.4. The highest BCUT2D eigenvalue weighted by molar-refractivity contribution is 4.93. The van der Waals surface area contributed by atoms with Crippen LogP contribution in [0, 0.1) is 0 Å². The van der Waals surface area contributed by atoms with Crippen molar-refractivity contribution >= 4 is 0 Å². The van der Waals surface area contributed by atoms with Gasteiger partial charge in [0, 0.05) is 223 Å². The van der Waals surface area contributed by atoms with E-state index in [2.05, 4.69) is 216 Å². The summed E-state index contributed by atoms with van der Waals surface area (Å²) in [5.74, 6) is 0. The minimum Gasteiger partial charge on any atom is -0.306 e. The van der Waals surface area contributed by atoms with Crippen LogP contribution < -0.4 is 0 Å². The summed E-state index contributed by atoms with van der Waals surface area (Å²) in [6, 6.07) is 0. The molecule has 4 atom stereocenters. The predicted octanol–water partition coefficient (Wildman–Crippen LogP) is 2.58. The van der Waals surface area contributed by atoms with Crippen LogP contribution in [0.2, 0.25) is 0 Å². The fourth-order valence-electron chi connectivity index (χ4n) is 17.1. The third kappa shape index (κ3) is 38.0. The van der Waals surface area contributed by atoms with E-state index in [9.17, 15) is 0 Å². The van der Waals surface area contributed by atoms with Gasteiger partial charge in [0.2, 0.25) is 0 Å². The van der Waals surface area contributed by atoms with Gasteiger partial charge in [-0.25, -0.2) is 0 Å². The molecule has 616 valence electrons. The van der Waals surface area contributed by atoms with E-state index in [1.165, 1.54) is 405 Å². The van der Waals surface area contributed by atoms with Crippen LogP contribution in [0.15, 0.2) is 0 Å². The Morgan fingerprint density at radius 2 is 0.240 bits per heavy atom. The third-order valence-corrected chi connectivity index (χ3v) is 24.4. The van der Waals surface area contributed by atoms with Crippen molar-refractivity contribution in [1.82, 2.24) is 118 Å². The quantitative estimate of drug-likeness (QED) is 0.357. The average molecular weight is 1470 g/mol. The normalized spacial score (nSPS) is 30.3. The molecule has 0 N–H and O–H groups in total. The SMILES string of the molecule is C.C.C1CN2CCCN3CCCN(C1)C23.C1CN2CCN3CCN1C23.CN1CCCN(C)CCCN(C)CCC1.CN1CCCN(C)CCCN(C)CCC1.CN1CCCN2CCCN(CCC1)C2.CN1CCN(C)CCN(C)CC1.CN1CCN(C)CCN(C)CC1.CN1CCN2CCN(CC1)C2. The largest absolute Gasteiger partial charge is 0.306 e. The Hall–Kier alpha value is -0.960. The molecule has 0 aromatic carbocycles. The van der Waals surface area contributed by atoms with Gasteiger partial charge in [0.25, 0.3) is 0 Å². The van der Waals surface area contributed by atoms with Gasteiger partial charge in [0.05, 0.1) is 13.3 Å². The molecule has 14 aliphatic heterocycles. The molecule has 14 aliphatic rings. The van der Waals surface area contributed by atoms with E-state index in [0.29, 0.717) is 6.29 Å². The molecule has 14 heterocycles. The van der Waals surface area contributed by atoms with Gasteiger partial charge >= 0.3 is 0 Å². The van der Waals surface area contributed by atoms with Gasteiger partial charge < -0.3 is 68.6 Å². The summed E-state index contributed by atoms with van der Waals surface area (Å²) in [5.41, 5.74) is 0. The van der Waals surface area contributed by atoms with E-state index in [1.54, 1.807) is 0 Å². The van der Waals surface area contributed by atoms with E-state index < -0.39 is 0 Å². The Morgan fingerprint density at radius 3 is 0.433 bits per heavy atom. The first kappa shape index (κ1) is 93.6. The monoisotopic (exact) mass is 1470 g/mol. The molecule has 0 aliphatic carbocycles. The molecular formula is C80H176N24. The number of hydrogen-bond acceptors (Lipinski definition) is 24. The summed E-state index contributed by atoms with van der Waals surface area (Å²) >= 11 is 0. The standard InChI is InChI=1S/2C12H27N3.C11H23N3.C10H19N3.2C9H21N3.C8H17N3.C7H13N3.2CH4/c2*1-13-7-4-9-14(2)11-6-12-15(3)10-5-8-13;1-12-5-2-7-13-9-4-10-14(11-13)8-3-6-12;1-4-11-6-2-8-13-9-3-7-12(5-1)10(11)13;2*1-10-4-6-11(2)8-9-12(3)7-5-10;1-9-2-4-10-6-7-11(8-10)5-3-9;1-2-9-5-6-10-4-3-8(1)7(9)10;;/h2*4-12H2,1-3H3;2-11H2,1H3;10H,1-9H2;2*4-9H2,1-3H3;2-8H2,1H3;7H,1-6H2;2*1H4. The molecule has 104 heavy (non-hydrogen) atoms. The lowest BCUT2D eigenvalue weighted by molar-refractivity contribution is -0.140. The van der Waals surface area contributed by atoms with Gasteiger partial charge in [-0.05, 0) is 267 Å². The molecule has 14 saturated heterocycles. The van der Waals surface area contributed by atoms with Gasteiger partial charge in [-0.15, -0.1) is 0 Å². The Morgan fingerprint density at radius 1 is 0.125 bits per heavy atom. The van der Waals surface area contributed by atoms with E-state index >= 15 is 0 Å². The molecule has 4 bridgehead atoms. The zero-order chi connectivity index (χ0) is 72.9. The molecule has 0 spiro atoms. The molecule has 14 fully saturated rings. The lowest BCUT2D eigenvalue weighted by atomic mass is 10.1. The van der Waals surface area contributed by atoms with Crippen LogP contribution in [0.1, 0.15) is 91.9 Å². The van der Waals surface area contributed by atoms with E-state index in [0.717, 1.165) is 6.29 Å². The van der Waals surface area contributed by atoms with Crippen molar-refractivity contribution in [2.45, 2.75) is 104 Å². The Labute approximate surface area is 645 Å². The summed E-state index contributed by atoms with van der Waals surface area (Å²) in [6.45, 7) is 62.9. The minimum absolute atomic E-state index is 0. The first-order valence-electron chi connectivity index (χ1n) is 42.3. The first-order valence-corrected chi connectivity index (χ1v) is 42.3. The summed E-state index contributed by atoms with van der Waals surface area (Å²) < 4.78 is 0. The maximum Gasteiger partial charge on any atom is 0.119 e. The van der Waals surface area contributed by atoms with Crippen LogP contribution in [0.5, 0.6) is 0 Å². The predicted molar refractivity (Wildman–Crippen MR) is 447 cm³/mol. The molecule has 0 radical (unpaired) electrons. The summed E-state index contributed by atoms with van der Waals surface area (Å²) in [6.07, 6.45) is 17.4. The zero-order valence-corrected chi connectivity index (χ0v) is 69.7. The van der Waals surface area contributed by atoms with Crippen molar-refractivity contribution in [3.63, 3.8) is 0 Å². The topological polar surface area (TPSA) is 77.8 Å². The van der Waals surface area contributed by atoms with Gasteiger partial charge in [-0.1, -0.05) is 14.9 Å². The average Bonchev–Trinajstić information content (AvgIpc) is 1.55. The number of likely N-dealkylation sites (N-methyl/N-ethyl adjacent to an activating group) is 7. The number of nitrogens with zero attached hydrogens (tertiary/aromatic N) is 24. The smallest absolute Gasteiger partial charge is 0.119 e. The minimum atomic E-state index is 0. The van der Waals surface area contributed by atoms with Crippen LogP contribution in [0.25, 0.3) is 0 Å². The second-order valence-electron chi connectivity index (χ2n) is 34.2. The second-order valence-corrected chi connectivity index (χ2v) is 34.2. The Bertz CT molecular complexity index is 1740. The van der Waals surface area contributed by atoms with Crippen molar-refractivity contribution in [2.75, 3.05) is 426 Å². The van der Waals surface area contributed by atoms with E-state index in [4.69, 9.17) is 0 Å². The molecular weight excluding hydrogens is 1300 g/mol. The van der Waals surface area contributed by atoms with Crippen molar-refractivity contribution in [3.8, 4) is 0 Å². The van der Waals surface area contributed by atoms with Crippen molar-refractivity contribution < 1.29 is 0 Å². The van der Waals surface area contributed by atoms with Crippen molar-refractivity contribution in [1.29, 1.82) is 0 Å². The highest BCUT2D eigenvalue weighted by Gasteiger charge is 2.44. The second kappa shape index (κ2) is 53.9. The van der Waals surface area contributed by atoms with Crippen LogP contribution in [0.4, 0.5) is 0 Å². The highest BCUT2D eigenvalue weighted by atomic mass is 15.6. The molecule has 0 saturated carbocycles. The molecule has 0 aromatic rings. The number of rotatable bonds is 0. The van der Waals surface area contributed by atoms with Gasteiger partial charge in [-0.3, -0.25) is 49.0 Å². The van der Waals surface area contributed by atoms with Crippen LogP contribution in [0.3, 0.4) is 0 Å². The summed E-state index contributed by atoms with van der Waals surface area (Å²) in [5, 5.41) is 0. The van der Waals surface area contributed by atoms with Crippen LogP contribution in [-0.4, -0.2) is 556 Å². The molecule has 4 unspecified atom stereocenters. The lowest BCUT2D eigenvalue weighted by Crippen LogP contribution is -2.67. The molecule has 14 rings (SSSR count). The fraction of sp³-hybridized carbons (Fsp3) is 1.00. The van der Waals surface area contributed by atoms with Gasteiger partial charge in [-0.2, -0.15) is 0 Å². The van der Waals surface area contributed by atoms with Crippen molar-refractivity contribution in [2.24, 2.45) is 0 Å². The molecule has 24 heteroatoms. The van der Waals surface area contributed by atoms with Crippen LogP contribution >= 0.6 is 0 Å².